The van der Waals surface area contributed by atoms with Gasteiger partial charge in [-0.25, -0.2) is 8.78 Å². The average molecular weight is 282 g/mol. The second-order valence-electron chi connectivity index (χ2n) is 5.61. The van der Waals surface area contributed by atoms with Gasteiger partial charge in [-0.2, -0.15) is 0 Å². The van der Waals surface area contributed by atoms with Crippen molar-refractivity contribution in [3.63, 3.8) is 0 Å². The van der Waals surface area contributed by atoms with Crippen molar-refractivity contribution in [3.8, 4) is 0 Å². The maximum atomic E-state index is 12.6. The summed E-state index contributed by atoms with van der Waals surface area (Å²) in [6.45, 7) is 0.491. The Bertz CT molecular complexity index is 384. The number of nitrogens with two attached hydrogens (primary N) is 1. The van der Waals surface area contributed by atoms with E-state index in [1.807, 2.05) is 0 Å². The van der Waals surface area contributed by atoms with E-state index in [-0.39, 0.29) is 11.6 Å². The standard InChI is InChI=1S/C16H24F2N2/c17-16(18)13-9-7-12(8-10-13)15(11-19)20-14-5-3-1-2-4-6-14/h7-10,14-16,20H,1-6,11,19H2. The molecule has 4 heteroatoms. The van der Waals surface area contributed by atoms with E-state index in [1.54, 1.807) is 12.1 Å². The summed E-state index contributed by atoms with van der Waals surface area (Å²) >= 11 is 0. The van der Waals surface area contributed by atoms with Crippen LogP contribution in [0.3, 0.4) is 0 Å². The Kier molecular flexibility index (Phi) is 5.92. The van der Waals surface area contributed by atoms with Gasteiger partial charge < -0.3 is 11.1 Å². The Morgan fingerprint density at radius 1 is 1.00 bits per heavy atom. The number of nitrogens with one attached hydrogen (secondary N) is 1. The van der Waals surface area contributed by atoms with Gasteiger partial charge in [0.05, 0.1) is 0 Å². The van der Waals surface area contributed by atoms with Gasteiger partial charge in [-0.05, 0) is 18.4 Å². The lowest BCUT2D eigenvalue weighted by Gasteiger charge is -2.24. The van der Waals surface area contributed by atoms with Gasteiger partial charge in [0, 0.05) is 24.2 Å². The minimum atomic E-state index is -2.41. The molecule has 2 rings (SSSR count). The van der Waals surface area contributed by atoms with Gasteiger partial charge in [-0.1, -0.05) is 49.9 Å². The fourth-order valence-electron chi connectivity index (χ4n) is 2.90. The summed E-state index contributed by atoms with van der Waals surface area (Å²) in [7, 11) is 0. The zero-order valence-electron chi connectivity index (χ0n) is 11.8. The van der Waals surface area contributed by atoms with Gasteiger partial charge in [-0.15, -0.1) is 0 Å². The molecular weight excluding hydrogens is 258 g/mol. The van der Waals surface area contributed by atoms with Crippen molar-refractivity contribution in [3.05, 3.63) is 35.4 Å². The molecule has 0 radical (unpaired) electrons. The van der Waals surface area contributed by atoms with Crippen molar-refractivity contribution in [1.82, 2.24) is 5.32 Å². The normalized spacial score (nSPS) is 19.0. The maximum Gasteiger partial charge on any atom is 0.263 e. The van der Waals surface area contributed by atoms with Crippen LogP contribution in [0.5, 0.6) is 0 Å². The Labute approximate surface area is 119 Å². The van der Waals surface area contributed by atoms with E-state index in [4.69, 9.17) is 5.73 Å². The van der Waals surface area contributed by atoms with Crippen molar-refractivity contribution in [1.29, 1.82) is 0 Å². The quantitative estimate of drug-likeness (QED) is 0.803. The molecule has 1 saturated carbocycles. The number of rotatable bonds is 5. The highest BCUT2D eigenvalue weighted by atomic mass is 19.3. The molecule has 0 aromatic heterocycles. The van der Waals surface area contributed by atoms with Crippen LogP contribution in [0.1, 0.15) is 62.1 Å². The molecule has 1 aromatic rings. The Balaban J connectivity index is 1.99. The molecule has 1 aliphatic carbocycles. The van der Waals surface area contributed by atoms with Crippen LogP contribution in [0.2, 0.25) is 0 Å². The van der Waals surface area contributed by atoms with Gasteiger partial charge in [-0.3, -0.25) is 0 Å². The minimum Gasteiger partial charge on any atom is -0.329 e. The van der Waals surface area contributed by atoms with Crippen LogP contribution < -0.4 is 11.1 Å². The summed E-state index contributed by atoms with van der Waals surface area (Å²) in [6.07, 6.45) is 5.12. The van der Waals surface area contributed by atoms with E-state index in [0.717, 1.165) is 5.56 Å². The van der Waals surface area contributed by atoms with Crippen molar-refractivity contribution in [2.75, 3.05) is 6.54 Å². The summed E-state index contributed by atoms with van der Waals surface area (Å²) in [5, 5.41) is 3.60. The highest BCUT2D eigenvalue weighted by Gasteiger charge is 2.18. The maximum absolute atomic E-state index is 12.6. The average Bonchev–Trinajstić information content (AvgIpc) is 2.73. The Hall–Kier alpha value is -1.00. The Morgan fingerprint density at radius 2 is 1.55 bits per heavy atom. The summed E-state index contributed by atoms with van der Waals surface area (Å²) < 4.78 is 25.1. The largest absolute Gasteiger partial charge is 0.329 e. The van der Waals surface area contributed by atoms with Crippen LogP contribution >= 0.6 is 0 Å². The van der Waals surface area contributed by atoms with Crippen molar-refractivity contribution >= 4 is 0 Å². The van der Waals surface area contributed by atoms with Crippen molar-refractivity contribution in [2.45, 2.75) is 57.0 Å². The van der Waals surface area contributed by atoms with Crippen LogP contribution in [0, 0.1) is 0 Å². The molecule has 20 heavy (non-hydrogen) atoms. The third kappa shape index (κ3) is 4.25. The second-order valence-corrected chi connectivity index (χ2v) is 5.61. The molecule has 2 nitrogen and oxygen atoms in total. The first-order chi connectivity index (χ1) is 9.70. The lowest BCUT2D eigenvalue weighted by Crippen LogP contribution is -2.36. The topological polar surface area (TPSA) is 38.0 Å². The van der Waals surface area contributed by atoms with Crippen LogP contribution in [0.4, 0.5) is 8.78 Å². The number of benzene rings is 1. The molecular formula is C16H24F2N2. The predicted molar refractivity (Wildman–Crippen MR) is 77.8 cm³/mol. The molecule has 1 fully saturated rings. The third-order valence-corrected chi connectivity index (χ3v) is 4.12. The number of hydrogen-bond acceptors (Lipinski definition) is 2. The van der Waals surface area contributed by atoms with Gasteiger partial charge >= 0.3 is 0 Å². The molecule has 1 aliphatic rings. The monoisotopic (exact) mass is 282 g/mol. The molecule has 112 valence electrons. The highest BCUT2D eigenvalue weighted by Crippen LogP contribution is 2.23. The smallest absolute Gasteiger partial charge is 0.263 e. The van der Waals surface area contributed by atoms with Gasteiger partial charge in [0.15, 0.2) is 0 Å². The molecule has 1 atom stereocenters. The van der Waals surface area contributed by atoms with E-state index < -0.39 is 6.43 Å². The van der Waals surface area contributed by atoms with E-state index in [2.05, 4.69) is 5.32 Å². The van der Waals surface area contributed by atoms with Crippen LogP contribution in [-0.2, 0) is 0 Å². The molecule has 1 unspecified atom stereocenters. The molecule has 1 aromatic carbocycles. The minimum absolute atomic E-state index is 0.0600. The molecule has 0 aliphatic heterocycles. The zero-order valence-corrected chi connectivity index (χ0v) is 11.8. The first-order valence-electron chi connectivity index (χ1n) is 7.55. The van der Waals surface area contributed by atoms with Gasteiger partial charge in [0.25, 0.3) is 6.43 Å². The highest BCUT2D eigenvalue weighted by molar-refractivity contribution is 5.26. The SMILES string of the molecule is NCC(NC1CCCCCC1)c1ccc(C(F)F)cc1. The summed E-state index contributed by atoms with van der Waals surface area (Å²) in [4.78, 5) is 0. The van der Waals surface area contributed by atoms with Crippen LogP contribution in [-0.4, -0.2) is 12.6 Å². The van der Waals surface area contributed by atoms with Crippen molar-refractivity contribution in [2.24, 2.45) is 5.73 Å². The summed E-state index contributed by atoms with van der Waals surface area (Å²) in [5.41, 5.74) is 6.92. The lowest BCUT2D eigenvalue weighted by atomic mass is 10.0. The zero-order chi connectivity index (χ0) is 14.4. The van der Waals surface area contributed by atoms with E-state index in [0.29, 0.717) is 12.6 Å². The molecule has 0 spiro atoms. The van der Waals surface area contributed by atoms with Gasteiger partial charge in [0.1, 0.15) is 0 Å². The van der Waals surface area contributed by atoms with Crippen LogP contribution in [0.25, 0.3) is 0 Å². The van der Waals surface area contributed by atoms with Crippen LogP contribution in [0.15, 0.2) is 24.3 Å². The second kappa shape index (κ2) is 7.70. The van der Waals surface area contributed by atoms with E-state index in [9.17, 15) is 8.78 Å². The van der Waals surface area contributed by atoms with Gasteiger partial charge in [0.2, 0.25) is 0 Å². The first-order valence-corrected chi connectivity index (χ1v) is 7.55. The molecule has 0 amide bonds. The summed E-state index contributed by atoms with van der Waals surface area (Å²) in [5.74, 6) is 0. The fourth-order valence-corrected chi connectivity index (χ4v) is 2.90. The number of alkyl halides is 2. The van der Waals surface area contributed by atoms with E-state index >= 15 is 0 Å². The number of halogens is 2. The summed E-state index contributed by atoms with van der Waals surface area (Å²) in [6, 6.07) is 7.09. The third-order valence-electron chi connectivity index (χ3n) is 4.12. The predicted octanol–water partition coefficient (Wildman–Crippen LogP) is 3.94. The molecule has 0 saturated heterocycles. The Morgan fingerprint density at radius 3 is 2.05 bits per heavy atom. The molecule has 0 heterocycles. The fraction of sp³-hybridized carbons (Fsp3) is 0.625. The number of hydrogen-bond donors (Lipinski definition) is 2. The van der Waals surface area contributed by atoms with Crippen molar-refractivity contribution < 1.29 is 8.78 Å². The molecule has 0 bridgehead atoms. The lowest BCUT2D eigenvalue weighted by molar-refractivity contribution is 0.151. The van der Waals surface area contributed by atoms with E-state index in [1.165, 1.54) is 50.7 Å². The first kappa shape index (κ1) is 15.4. The molecule has 3 N–H and O–H groups in total.